The third-order valence-corrected chi connectivity index (χ3v) is 5.28. The molecule has 1 aliphatic rings. The number of hydrogen-bond acceptors (Lipinski definition) is 6. The summed E-state index contributed by atoms with van der Waals surface area (Å²) in [7, 11) is 0. The van der Waals surface area contributed by atoms with Crippen LogP contribution in [-0.2, 0) is 11.2 Å². The first kappa shape index (κ1) is 23.5. The number of ether oxygens (including phenoxy) is 2. The van der Waals surface area contributed by atoms with E-state index in [0.29, 0.717) is 37.6 Å². The van der Waals surface area contributed by atoms with Crippen LogP contribution in [0.2, 0.25) is 0 Å². The van der Waals surface area contributed by atoms with E-state index < -0.39 is 12.3 Å². The molecule has 1 saturated heterocycles. The van der Waals surface area contributed by atoms with Crippen molar-refractivity contribution in [3.8, 4) is 16.9 Å². The lowest BCUT2D eigenvalue weighted by Gasteiger charge is -2.29. The van der Waals surface area contributed by atoms with Crippen molar-refractivity contribution in [2.24, 2.45) is 0 Å². The molecule has 1 fully saturated rings. The second kappa shape index (κ2) is 10.1. The average molecular weight is 472 g/mol. The first-order valence-corrected chi connectivity index (χ1v) is 10.8. The highest BCUT2D eigenvalue weighted by Crippen LogP contribution is 2.31. The van der Waals surface area contributed by atoms with Crippen LogP contribution in [0.15, 0.2) is 54.9 Å². The third kappa shape index (κ3) is 5.82. The van der Waals surface area contributed by atoms with Gasteiger partial charge >= 0.3 is 6.36 Å². The fourth-order valence-electron chi connectivity index (χ4n) is 3.56. The number of morpholine rings is 1. The van der Waals surface area contributed by atoms with Crippen molar-refractivity contribution in [2.75, 3.05) is 36.5 Å². The van der Waals surface area contributed by atoms with Crippen LogP contribution in [-0.4, -0.2) is 48.5 Å². The molecular formula is C24H23F3N4O3. The lowest BCUT2D eigenvalue weighted by molar-refractivity contribution is -0.274. The van der Waals surface area contributed by atoms with Crippen LogP contribution in [0.1, 0.15) is 23.0 Å². The van der Waals surface area contributed by atoms with Gasteiger partial charge in [-0.25, -0.2) is 4.98 Å². The summed E-state index contributed by atoms with van der Waals surface area (Å²) in [4.78, 5) is 24.0. The Morgan fingerprint density at radius 1 is 1.09 bits per heavy atom. The zero-order valence-corrected chi connectivity index (χ0v) is 18.4. The van der Waals surface area contributed by atoms with E-state index in [1.165, 1.54) is 18.3 Å². The molecule has 1 aliphatic heterocycles. The number of carbonyl (C=O) groups excluding carboxylic acids is 1. The van der Waals surface area contributed by atoms with E-state index in [0.717, 1.165) is 41.2 Å². The van der Waals surface area contributed by atoms with Crippen LogP contribution in [0.25, 0.3) is 11.1 Å². The van der Waals surface area contributed by atoms with Crippen molar-refractivity contribution in [1.82, 2.24) is 9.97 Å². The van der Waals surface area contributed by atoms with Gasteiger partial charge in [0.15, 0.2) is 0 Å². The van der Waals surface area contributed by atoms with Crippen LogP contribution in [0.4, 0.5) is 24.7 Å². The maximum absolute atomic E-state index is 12.9. The molecule has 10 heteroatoms. The van der Waals surface area contributed by atoms with Gasteiger partial charge in [0.2, 0.25) is 0 Å². The van der Waals surface area contributed by atoms with Crippen LogP contribution >= 0.6 is 0 Å². The first-order valence-electron chi connectivity index (χ1n) is 10.8. The quantitative estimate of drug-likeness (QED) is 0.561. The molecule has 2 aromatic heterocycles. The number of anilines is 2. The van der Waals surface area contributed by atoms with E-state index in [2.05, 4.69) is 24.9 Å². The summed E-state index contributed by atoms with van der Waals surface area (Å²) >= 11 is 0. The monoisotopic (exact) mass is 472 g/mol. The van der Waals surface area contributed by atoms with E-state index in [1.54, 1.807) is 12.3 Å². The second-order valence-corrected chi connectivity index (χ2v) is 7.61. The zero-order valence-electron chi connectivity index (χ0n) is 18.4. The SMILES string of the molecule is CCc1ccc(-c2cc(C(=O)Nc3ccc(OC(F)(F)F)cc3)cnc2N2CCOCC2)cn1. The Balaban J connectivity index is 1.59. The Bertz CT molecular complexity index is 1130. The number of aromatic nitrogens is 2. The Morgan fingerprint density at radius 3 is 2.44 bits per heavy atom. The molecule has 178 valence electrons. The highest BCUT2D eigenvalue weighted by molar-refractivity contribution is 6.05. The number of amides is 1. The number of nitrogens with zero attached hydrogens (tertiary/aromatic N) is 3. The minimum atomic E-state index is -4.78. The van der Waals surface area contributed by atoms with Gasteiger partial charge in [-0.15, -0.1) is 13.2 Å². The number of rotatable bonds is 6. The van der Waals surface area contributed by atoms with Gasteiger partial charge in [-0.3, -0.25) is 9.78 Å². The van der Waals surface area contributed by atoms with Crippen LogP contribution in [0.3, 0.4) is 0 Å². The van der Waals surface area contributed by atoms with Crippen molar-refractivity contribution >= 4 is 17.4 Å². The Kier molecular flexibility index (Phi) is 6.97. The van der Waals surface area contributed by atoms with E-state index in [1.807, 2.05) is 19.1 Å². The molecule has 0 unspecified atom stereocenters. The molecule has 1 N–H and O–H groups in total. The number of pyridine rings is 2. The van der Waals surface area contributed by atoms with Gasteiger partial charge < -0.3 is 19.7 Å². The molecule has 7 nitrogen and oxygen atoms in total. The maximum Gasteiger partial charge on any atom is 0.573 e. The third-order valence-electron chi connectivity index (χ3n) is 5.28. The molecule has 3 heterocycles. The van der Waals surface area contributed by atoms with E-state index in [4.69, 9.17) is 4.74 Å². The standard InChI is InChI=1S/C24H23F3N4O3/c1-2-18-4-3-16(14-28-18)21-13-17(15-29-22(21)31-9-11-33-12-10-31)23(32)30-19-5-7-20(8-6-19)34-24(25,26)27/h3-8,13-15H,2,9-12H2,1H3,(H,30,32). The van der Waals surface area contributed by atoms with Crippen molar-refractivity contribution in [3.63, 3.8) is 0 Å². The lowest BCUT2D eigenvalue weighted by atomic mass is 10.0. The summed E-state index contributed by atoms with van der Waals surface area (Å²) in [6, 6.07) is 10.6. The number of halogens is 3. The summed E-state index contributed by atoms with van der Waals surface area (Å²) in [5, 5.41) is 2.68. The molecule has 0 spiro atoms. The number of benzene rings is 1. The molecule has 0 aliphatic carbocycles. The summed E-state index contributed by atoms with van der Waals surface area (Å²) in [6.07, 6.45) is -0.719. The molecule has 4 rings (SSSR count). The lowest BCUT2D eigenvalue weighted by Crippen LogP contribution is -2.37. The normalized spacial score (nSPS) is 14.1. The highest BCUT2D eigenvalue weighted by atomic mass is 19.4. The predicted molar refractivity (Wildman–Crippen MR) is 121 cm³/mol. The van der Waals surface area contributed by atoms with Crippen LogP contribution in [0.5, 0.6) is 5.75 Å². The Hall–Kier alpha value is -3.66. The summed E-state index contributed by atoms with van der Waals surface area (Å²) in [6.45, 7) is 4.56. The van der Waals surface area contributed by atoms with Crippen molar-refractivity contribution in [2.45, 2.75) is 19.7 Å². The molecule has 1 aromatic carbocycles. The predicted octanol–water partition coefficient (Wildman–Crippen LogP) is 4.69. The fourth-order valence-corrected chi connectivity index (χ4v) is 3.56. The van der Waals surface area contributed by atoms with Crippen molar-refractivity contribution in [3.05, 3.63) is 66.1 Å². The Morgan fingerprint density at radius 2 is 1.82 bits per heavy atom. The Labute approximate surface area is 194 Å². The largest absolute Gasteiger partial charge is 0.573 e. The first-order chi connectivity index (χ1) is 16.3. The summed E-state index contributed by atoms with van der Waals surface area (Å²) < 4.78 is 46.3. The smallest absolute Gasteiger partial charge is 0.406 e. The van der Waals surface area contributed by atoms with Crippen LogP contribution in [0, 0.1) is 0 Å². The van der Waals surface area contributed by atoms with Gasteiger partial charge in [-0.2, -0.15) is 0 Å². The topological polar surface area (TPSA) is 76.6 Å². The minimum Gasteiger partial charge on any atom is -0.406 e. The van der Waals surface area contributed by atoms with Gasteiger partial charge in [0, 0.05) is 48.0 Å². The molecule has 0 bridgehead atoms. The number of nitrogens with one attached hydrogen (secondary N) is 1. The van der Waals surface area contributed by atoms with Crippen LogP contribution < -0.4 is 15.0 Å². The molecule has 0 saturated carbocycles. The highest BCUT2D eigenvalue weighted by Gasteiger charge is 2.31. The molecule has 3 aromatic rings. The number of carbonyl (C=O) groups is 1. The molecular weight excluding hydrogens is 449 g/mol. The number of alkyl halides is 3. The second-order valence-electron chi connectivity index (χ2n) is 7.61. The van der Waals surface area contributed by atoms with E-state index in [9.17, 15) is 18.0 Å². The fraction of sp³-hybridized carbons (Fsp3) is 0.292. The molecule has 0 atom stereocenters. The van der Waals surface area contributed by atoms with E-state index >= 15 is 0 Å². The summed E-state index contributed by atoms with van der Waals surface area (Å²) in [5.74, 6) is -0.0724. The zero-order chi connectivity index (χ0) is 24.1. The van der Waals surface area contributed by atoms with Gasteiger partial charge in [0.25, 0.3) is 5.91 Å². The molecule has 34 heavy (non-hydrogen) atoms. The van der Waals surface area contributed by atoms with E-state index in [-0.39, 0.29) is 5.75 Å². The van der Waals surface area contributed by atoms with Gasteiger partial charge in [0.05, 0.1) is 18.8 Å². The van der Waals surface area contributed by atoms with Gasteiger partial charge in [-0.1, -0.05) is 13.0 Å². The summed E-state index contributed by atoms with van der Waals surface area (Å²) in [5.41, 5.74) is 3.18. The van der Waals surface area contributed by atoms with Crippen molar-refractivity contribution in [1.29, 1.82) is 0 Å². The maximum atomic E-state index is 12.9. The number of hydrogen-bond donors (Lipinski definition) is 1. The van der Waals surface area contributed by atoms with Gasteiger partial charge in [-0.05, 0) is 42.8 Å². The molecule has 0 radical (unpaired) electrons. The minimum absolute atomic E-state index is 0.308. The van der Waals surface area contributed by atoms with Gasteiger partial charge in [0.1, 0.15) is 11.6 Å². The molecule has 1 amide bonds. The van der Waals surface area contributed by atoms with Crippen molar-refractivity contribution < 1.29 is 27.4 Å². The average Bonchev–Trinajstić information content (AvgIpc) is 2.84. The number of aryl methyl sites for hydroxylation is 1.